The number of nitrogens with zero attached hydrogens (tertiary/aromatic N) is 3. The van der Waals surface area contributed by atoms with Crippen molar-refractivity contribution < 1.29 is 9.90 Å². The number of carboxylic acid groups (broad SMARTS) is 1. The van der Waals surface area contributed by atoms with E-state index in [1.54, 1.807) is 11.3 Å². The number of carbonyl (C=O) groups is 1. The van der Waals surface area contributed by atoms with Crippen molar-refractivity contribution in [1.29, 1.82) is 0 Å². The first kappa shape index (κ1) is 15.4. The van der Waals surface area contributed by atoms with E-state index in [2.05, 4.69) is 28.8 Å². The lowest BCUT2D eigenvalue weighted by molar-refractivity contribution is -0.136. The minimum absolute atomic E-state index is 0.107. The summed E-state index contributed by atoms with van der Waals surface area (Å²) in [6, 6.07) is 0. The van der Waals surface area contributed by atoms with Gasteiger partial charge in [0.05, 0.1) is 18.7 Å². The van der Waals surface area contributed by atoms with Gasteiger partial charge in [-0.15, -0.1) is 11.3 Å². The number of hydrogen-bond donors (Lipinski definition) is 1. The van der Waals surface area contributed by atoms with Crippen LogP contribution in [0.1, 0.15) is 28.9 Å². The summed E-state index contributed by atoms with van der Waals surface area (Å²) in [6.45, 7) is 7.27. The molecule has 1 saturated heterocycles. The Morgan fingerprint density at radius 2 is 2.05 bits per heavy atom. The zero-order valence-electron chi connectivity index (χ0n) is 12.3. The molecule has 5 nitrogen and oxygen atoms in total. The molecule has 0 aliphatic carbocycles. The molecule has 0 atom stereocenters. The topological polar surface area (TPSA) is 56.7 Å². The Morgan fingerprint density at radius 1 is 1.35 bits per heavy atom. The van der Waals surface area contributed by atoms with E-state index in [9.17, 15) is 4.79 Å². The van der Waals surface area contributed by atoms with E-state index in [-0.39, 0.29) is 6.42 Å². The molecule has 2 heterocycles. The molecule has 1 aliphatic rings. The lowest BCUT2D eigenvalue weighted by Crippen LogP contribution is -2.43. The molecule has 0 unspecified atom stereocenters. The second-order valence-corrected chi connectivity index (χ2v) is 6.55. The highest BCUT2D eigenvalue weighted by atomic mass is 32.1. The fraction of sp³-hybridized carbons (Fsp3) is 0.714. The van der Waals surface area contributed by atoms with Gasteiger partial charge >= 0.3 is 5.97 Å². The van der Waals surface area contributed by atoms with Crippen molar-refractivity contribution in [3.8, 4) is 0 Å². The Balaban J connectivity index is 2.02. The number of likely N-dealkylation sites (N-methyl/N-ethyl adjacent to an activating group) is 1. The van der Waals surface area contributed by atoms with Gasteiger partial charge in [-0.25, -0.2) is 4.98 Å². The minimum atomic E-state index is -0.767. The first-order chi connectivity index (χ1) is 9.58. The lowest BCUT2D eigenvalue weighted by Gasteiger charge is -2.31. The minimum Gasteiger partial charge on any atom is -0.481 e. The fourth-order valence-electron chi connectivity index (χ4n) is 2.41. The lowest BCUT2D eigenvalue weighted by atomic mass is 10.2. The van der Waals surface area contributed by atoms with Gasteiger partial charge in [-0.3, -0.25) is 9.69 Å². The molecule has 20 heavy (non-hydrogen) atoms. The number of aliphatic carboxylic acids is 1. The van der Waals surface area contributed by atoms with Crippen molar-refractivity contribution in [2.45, 2.75) is 32.7 Å². The molecular weight excluding hydrogens is 274 g/mol. The van der Waals surface area contributed by atoms with Crippen molar-refractivity contribution in [2.24, 2.45) is 0 Å². The normalized spacial score (nSPS) is 17.5. The number of aromatic nitrogens is 1. The molecule has 1 aliphatic heterocycles. The van der Waals surface area contributed by atoms with Crippen molar-refractivity contribution in [2.75, 3.05) is 33.2 Å². The summed E-state index contributed by atoms with van der Waals surface area (Å²) in [6.07, 6.45) is 1.99. The van der Waals surface area contributed by atoms with E-state index < -0.39 is 5.97 Å². The number of aryl methyl sites for hydroxylation is 1. The summed E-state index contributed by atoms with van der Waals surface area (Å²) in [5.74, 6) is -0.767. The van der Waals surface area contributed by atoms with Gasteiger partial charge in [0.15, 0.2) is 0 Å². The number of hydrogen-bond acceptors (Lipinski definition) is 5. The number of piperazine rings is 1. The van der Waals surface area contributed by atoms with E-state index in [1.165, 1.54) is 0 Å². The number of rotatable bonds is 6. The summed E-state index contributed by atoms with van der Waals surface area (Å²) >= 11 is 1.58. The van der Waals surface area contributed by atoms with Gasteiger partial charge < -0.3 is 10.0 Å². The smallest absolute Gasteiger partial charge is 0.308 e. The molecule has 0 saturated carbocycles. The second-order valence-electron chi connectivity index (χ2n) is 5.38. The van der Waals surface area contributed by atoms with Crippen LogP contribution in [0.2, 0.25) is 0 Å². The molecule has 1 fully saturated rings. The van der Waals surface area contributed by atoms with Crippen molar-refractivity contribution in [1.82, 2.24) is 14.8 Å². The van der Waals surface area contributed by atoms with Crippen LogP contribution in [-0.4, -0.2) is 59.1 Å². The fourth-order valence-corrected chi connectivity index (χ4v) is 3.56. The second kappa shape index (κ2) is 7.15. The molecule has 0 spiro atoms. The van der Waals surface area contributed by atoms with Crippen LogP contribution in [0.15, 0.2) is 0 Å². The van der Waals surface area contributed by atoms with E-state index in [0.717, 1.165) is 61.1 Å². The van der Waals surface area contributed by atoms with Crippen LogP contribution in [0.25, 0.3) is 0 Å². The van der Waals surface area contributed by atoms with Gasteiger partial charge in [0, 0.05) is 31.1 Å². The Labute approximate surface area is 124 Å². The zero-order valence-corrected chi connectivity index (χ0v) is 13.1. The third-order valence-corrected chi connectivity index (χ3v) is 4.66. The monoisotopic (exact) mass is 297 g/mol. The summed E-state index contributed by atoms with van der Waals surface area (Å²) in [4.78, 5) is 21.3. The predicted molar refractivity (Wildman–Crippen MR) is 80.2 cm³/mol. The van der Waals surface area contributed by atoms with Crippen LogP contribution in [0, 0.1) is 0 Å². The SMILES string of the molecule is CCCc1nc(CN2CCN(C)CC2)sc1CC(=O)O. The molecule has 0 bridgehead atoms. The van der Waals surface area contributed by atoms with Gasteiger partial charge in [-0.1, -0.05) is 13.3 Å². The van der Waals surface area contributed by atoms with Crippen molar-refractivity contribution >= 4 is 17.3 Å². The maximum atomic E-state index is 10.9. The summed E-state index contributed by atoms with van der Waals surface area (Å²) < 4.78 is 0. The number of thiazole rings is 1. The molecule has 1 aromatic rings. The molecule has 0 radical (unpaired) electrons. The Kier molecular flexibility index (Phi) is 5.51. The Bertz CT molecular complexity index is 453. The molecule has 0 aromatic carbocycles. The van der Waals surface area contributed by atoms with Crippen LogP contribution >= 0.6 is 11.3 Å². The predicted octanol–water partition coefficient (Wildman–Crippen LogP) is 1.47. The van der Waals surface area contributed by atoms with Gasteiger partial charge in [-0.05, 0) is 13.5 Å². The third-order valence-electron chi connectivity index (χ3n) is 3.58. The van der Waals surface area contributed by atoms with Crippen LogP contribution in [0.3, 0.4) is 0 Å². The molecule has 2 rings (SSSR count). The molecule has 1 aromatic heterocycles. The average molecular weight is 297 g/mol. The largest absolute Gasteiger partial charge is 0.481 e. The highest BCUT2D eigenvalue weighted by molar-refractivity contribution is 7.11. The number of carboxylic acids is 1. The van der Waals surface area contributed by atoms with E-state index in [1.807, 2.05) is 0 Å². The standard InChI is InChI=1S/C14H23N3O2S/c1-3-4-11-12(9-14(18)19)20-13(15-11)10-17-7-5-16(2)6-8-17/h3-10H2,1-2H3,(H,18,19). The Morgan fingerprint density at radius 3 is 2.65 bits per heavy atom. The zero-order chi connectivity index (χ0) is 14.5. The molecule has 6 heteroatoms. The third kappa shape index (κ3) is 4.26. The highest BCUT2D eigenvalue weighted by Crippen LogP contribution is 2.22. The van der Waals surface area contributed by atoms with E-state index >= 15 is 0 Å². The average Bonchev–Trinajstić information content (AvgIpc) is 2.74. The van der Waals surface area contributed by atoms with Crippen LogP contribution in [0.4, 0.5) is 0 Å². The van der Waals surface area contributed by atoms with Crippen LogP contribution < -0.4 is 0 Å². The maximum Gasteiger partial charge on any atom is 0.308 e. The summed E-state index contributed by atoms with van der Waals surface area (Å²) in [5, 5.41) is 10.0. The van der Waals surface area contributed by atoms with Gasteiger partial charge in [0.2, 0.25) is 0 Å². The van der Waals surface area contributed by atoms with Gasteiger partial charge in [0.25, 0.3) is 0 Å². The quantitative estimate of drug-likeness (QED) is 0.862. The van der Waals surface area contributed by atoms with E-state index in [4.69, 9.17) is 5.11 Å². The van der Waals surface area contributed by atoms with Gasteiger partial charge in [-0.2, -0.15) is 0 Å². The summed E-state index contributed by atoms with van der Waals surface area (Å²) in [7, 11) is 2.14. The molecule has 1 N–H and O–H groups in total. The van der Waals surface area contributed by atoms with Crippen LogP contribution in [0.5, 0.6) is 0 Å². The highest BCUT2D eigenvalue weighted by Gasteiger charge is 2.18. The van der Waals surface area contributed by atoms with E-state index in [0.29, 0.717) is 0 Å². The molecular formula is C14H23N3O2S. The molecule has 0 amide bonds. The summed E-state index contributed by atoms with van der Waals surface area (Å²) in [5.41, 5.74) is 0.990. The van der Waals surface area contributed by atoms with Crippen molar-refractivity contribution in [3.05, 3.63) is 15.6 Å². The first-order valence-corrected chi connectivity index (χ1v) is 8.00. The van der Waals surface area contributed by atoms with Gasteiger partial charge in [0.1, 0.15) is 5.01 Å². The van der Waals surface area contributed by atoms with Crippen LogP contribution in [-0.2, 0) is 24.2 Å². The van der Waals surface area contributed by atoms with Crippen molar-refractivity contribution in [3.63, 3.8) is 0 Å². The molecule has 112 valence electrons. The Hall–Kier alpha value is -0.980. The first-order valence-electron chi connectivity index (χ1n) is 7.18. The maximum absolute atomic E-state index is 10.9.